The Bertz CT molecular complexity index is 1140. The fourth-order valence-electron chi connectivity index (χ4n) is 6.77. The van der Waals surface area contributed by atoms with Crippen LogP contribution in [0.2, 0.25) is 39.3 Å². The molecule has 0 spiro atoms. The normalized spacial score (nSPS) is 23.7. The summed E-state index contributed by atoms with van der Waals surface area (Å²) in [7, 11) is -2.47. The molecule has 0 aromatic heterocycles. The molecule has 4 rings (SSSR count). The zero-order valence-electron chi connectivity index (χ0n) is 30.6. The predicted molar refractivity (Wildman–Crippen MR) is 200 cm³/mol. The Morgan fingerprint density at radius 1 is 0.609 bits per heavy atom. The first kappa shape index (κ1) is 49.2. The summed E-state index contributed by atoms with van der Waals surface area (Å²) >= 11 is 4.54. The van der Waals surface area contributed by atoms with Crippen LogP contribution in [0.4, 0.5) is 0 Å². The summed E-state index contributed by atoms with van der Waals surface area (Å²) in [6, 6.07) is 0. The molecule has 0 fully saturated rings. The maximum Gasteiger partial charge on any atom is 2.00 e. The Morgan fingerprint density at radius 2 is 0.935 bits per heavy atom. The van der Waals surface area contributed by atoms with Crippen molar-refractivity contribution >= 4 is 36.9 Å². The van der Waals surface area contributed by atoms with E-state index in [0.29, 0.717) is 0 Å². The van der Waals surface area contributed by atoms with Crippen LogP contribution < -0.4 is 24.8 Å². The number of halogens is 2. The first-order valence-corrected chi connectivity index (χ1v) is 26.0. The van der Waals surface area contributed by atoms with E-state index in [0.717, 1.165) is 38.5 Å². The van der Waals surface area contributed by atoms with Crippen LogP contribution in [0.5, 0.6) is 0 Å². The summed E-state index contributed by atoms with van der Waals surface area (Å²) in [6.07, 6.45) is 36.7. The molecule has 8 heteroatoms. The molecule has 0 bridgehead atoms. The second-order valence-electron chi connectivity index (χ2n) is 16.3. The predicted octanol–water partition coefficient (Wildman–Crippen LogP) is 6.61. The van der Waals surface area contributed by atoms with Crippen LogP contribution in [0.3, 0.4) is 0 Å². The van der Waals surface area contributed by atoms with Crippen molar-refractivity contribution in [3.05, 3.63) is 95.2 Å². The Balaban J connectivity index is 0. The van der Waals surface area contributed by atoms with Crippen LogP contribution in [0.25, 0.3) is 0 Å². The molecule has 0 heterocycles. The third-order valence-electron chi connectivity index (χ3n) is 7.78. The van der Waals surface area contributed by atoms with Gasteiger partial charge in [-0.15, -0.1) is 12.8 Å². The molecule has 0 nitrogen and oxygen atoms in total. The Kier molecular flexibility index (Phi) is 21.0. The average Bonchev–Trinajstić information content (AvgIpc) is 3.50. The van der Waals surface area contributed by atoms with E-state index in [1.807, 2.05) is 0 Å². The van der Waals surface area contributed by atoms with Gasteiger partial charge in [0.2, 0.25) is 0 Å². The largest absolute Gasteiger partial charge is 2.00 e. The molecule has 4 aliphatic carbocycles. The molecule has 252 valence electrons. The van der Waals surface area contributed by atoms with Gasteiger partial charge in [0.1, 0.15) is 14.4 Å². The quantitative estimate of drug-likeness (QED) is 0.200. The van der Waals surface area contributed by atoms with Crippen LogP contribution >= 0.6 is 22.4 Å². The Labute approximate surface area is 336 Å². The van der Waals surface area contributed by atoms with Crippen molar-refractivity contribution in [1.29, 1.82) is 0 Å². The van der Waals surface area contributed by atoms with Gasteiger partial charge in [-0.3, -0.25) is 12.2 Å². The van der Waals surface area contributed by atoms with Gasteiger partial charge in [-0.2, -0.15) is 34.6 Å². The monoisotopic (exact) mass is 800 g/mol. The van der Waals surface area contributed by atoms with Gasteiger partial charge in [0.05, 0.1) is 0 Å². The van der Waals surface area contributed by atoms with Gasteiger partial charge in [0.15, 0.2) is 0 Å². The number of hydrogen-bond donors (Lipinski definition) is 0. The van der Waals surface area contributed by atoms with Crippen molar-refractivity contribution in [3.63, 3.8) is 0 Å². The van der Waals surface area contributed by atoms with Gasteiger partial charge in [-0.05, 0) is 47.7 Å². The maximum absolute atomic E-state index is 3.54. The van der Waals surface area contributed by atoms with Crippen molar-refractivity contribution in [2.24, 2.45) is 10.8 Å². The molecule has 2 atom stereocenters. The van der Waals surface area contributed by atoms with E-state index < -0.39 is 14.4 Å². The van der Waals surface area contributed by atoms with Gasteiger partial charge < -0.3 is 24.8 Å². The zero-order chi connectivity index (χ0) is 31.5. The molecule has 0 saturated heterocycles. The molecule has 0 amide bonds. The smallest absolute Gasteiger partial charge is 1.00 e. The van der Waals surface area contributed by atoms with Gasteiger partial charge in [-0.1, -0.05) is 117 Å². The fourth-order valence-corrected chi connectivity index (χ4v) is 19.5. The molecule has 46 heavy (non-hydrogen) atoms. The molecular weight excluding hydrogens is 743 g/mol. The summed E-state index contributed by atoms with van der Waals surface area (Å²) in [5.74, 6) is 0. The van der Waals surface area contributed by atoms with E-state index in [1.54, 1.807) is 11.1 Å². The van der Waals surface area contributed by atoms with E-state index in [-0.39, 0.29) is 88.6 Å². The summed E-state index contributed by atoms with van der Waals surface area (Å²) < 4.78 is 0.461. The number of rotatable bonds is 8. The molecule has 4 aliphatic rings. The van der Waals surface area contributed by atoms with Crippen LogP contribution in [0.15, 0.2) is 83.1 Å². The first-order chi connectivity index (χ1) is 19.2. The second-order valence-corrected chi connectivity index (χ2v) is 35.3. The van der Waals surface area contributed by atoms with Gasteiger partial charge >= 0.3 is 43.4 Å². The van der Waals surface area contributed by atoms with Gasteiger partial charge in [0, 0.05) is 9.49 Å². The van der Waals surface area contributed by atoms with Crippen LogP contribution in [-0.2, 0) is 43.4 Å². The standard InChI is InChI=1S/2C19H29SSi.2ClH.2Ti/c2*1-18(2,3)17-13-9-10-14-19(17,20-21(4,5)6)15-16-11-7-8-12-16;;;;/h2*7,9-11,13H,8,14-15H2,1-6H3;2*1H;;/q2*-1;;;2*+2/p-2. The summed E-state index contributed by atoms with van der Waals surface area (Å²) in [5.41, 5.74) is 6.48. The van der Waals surface area contributed by atoms with Crippen LogP contribution in [0.1, 0.15) is 80.1 Å². The van der Waals surface area contributed by atoms with E-state index in [9.17, 15) is 0 Å². The SMILES string of the molecule is CC(C)(C)C1=CC=CCC1(CC1=[C-]CC=C1)S[Si](C)(C)C.CC(C)(C)C1=CC=CCC1(CC1=[C-]CC=C1)S[Si](C)(C)C.[Cl-].[Cl-].[Ti+2].[Ti+2]. The van der Waals surface area contributed by atoms with E-state index in [2.05, 4.69) is 176 Å². The number of allylic oxidation sites excluding steroid dienone is 14. The van der Waals surface area contributed by atoms with Crippen molar-refractivity contribution in [2.45, 2.75) is 129 Å². The summed E-state index contributed by atoms with van der Waals surface area (Å²) in [4.78, 5) is 0. The third kappa shape index (κ3) is 14.7. The van der Waals surface area contributed by atoms with Crippen molar-refractivity contribution < 1.29 is 68.2 Å². The molecule has 0 N–H and O–H groups in total. The Hall–Kier alpha value is 1.06. The van der Waals surface area contributed by atoms with E-state index >= 15 is 0 Å². The molecular formula is C38H58Cl2S2Si2Ti2. The van der Waals surface area contributed by atoms with Gasteiger partial charge in [-0.25, -0.2) is 23.3 Å². The summed E-state index contributed by atoms with van der Waals surface area (Å²) in [5, 5.41) is 0. The molecule has 0 aliphatic heterocycles. The van der Waals surface area contributed by atoms with E-state index in [4.69, 9.17) is 0 Å². The second kappa shape index (κ2) is 19.6. The zero-order valence-corrected chi connectivity index (χ0v) is 38.9. The molecule has 0 aromatic rings. The minimum Gasteiger partial charge on any atom is -1.00 e. The molecule has 0 saturated carbocycles. The van der Waals surface area contributed by atoms with Crippen molar-refractivity contribution in [1.82, 2.24) is 0 Å². The van der Waals surface area contributed by atoms with Crippen LogP contribution in [-0.4, -0.2) is 23.9 Å². The molecule has 2 unspecified atom stereocenters. The first-order valence-electron chi connectivity index (χ1n) is 15.9. The topological polar surface area (TPSA) is 0 Å². The maximum atomic E-state index is 3.54. The minimum absolute atomic E-state index is 0. The Morgan fingerprint density at radius 3 is 1.17 bits per heavy atom. The fraction of sp³-hybridized carbons (Fsp3) is 0.579. The average molecular weight is 802 g/mol. The van der Waals surface area contributed by atoms with Gasteiger partial charge in [0.25, 0.3) is 0 Å². The molecule has 0 radical (unpaired) electrons. The van der Waals surface area contributed by atoms with E-state index in [1.165, 1.54) is 11.1 Å². The van der Waals surface area contributed by atoms with Crippen LogP contribution in [0, 0.1) is 23.0 Å². The minimum atomic E-state index is -1.23. The van der Waals surface area contributed by atoms with Crippen molar-refractivity contribution in [3.8, 4) is 0 Å². The van der Waals surface area contributed by atoms with Crippen molar-refractivity contribution in [2.75, 3.05) is 0 Å². The number of hydrogen-bond acceptors (Lipinski definition) is 2. The third-order valence-corrected chi connectivity index (χ3v) is 16.9. The summed E-state index contributed by atoms with van der Waals surface area (Å²) in [6.45, 7) is 29.0. The molecule has 0 aromatic carbocycles.